The number of carboxylic acids is 1. The number of carboxylic acid groups (broad SMARTS) is 1. The molecule has 0 radical (unpaired) electrons. The molecule has 0 unspecified atom stereocenters. The third-order valence-electron chi connectivity index (χ3n) is 2.92. The Labute approximate surface area is 129 Å². The smallest absolute Gasteiger partial charge is 0.408 e. The average molecular weight is 325 g/mol. The van der Waals surface area contributed by atoms with E-state index in [1.165, 1.54) is 6.08 Å². The van der Waals surface area contributed by atoms with Crippen molar-refractivity contribution < 1.29 is 24.0 Å². The second kappa shape index (κ2) is 7.80. The van der Waals surface area contributed by atoms with Crippen LogP contribution in [0, 0.1) is 0 Å². The van der Waals surface area contributed by atoms with Crippen molar-refractivity contribution in [2.75, 3.05) is 19.9 Å². The molecule has 0 aliphatic rings. The SMILES string of the molecule is C=CCOC(=O)N[C@@H](Cc1ccc(P(C)(C)=O)cc1)C(=O)O. The van der Waals surface area contributed by atoms with Crippen LogP contribution < -0.4 is 10.6 Å². The van der Waals surface area contributed by atoms with Gasteiger partial charge in [0, 0.05) is 11.7 Å². The first kappa shape index (κ1) is 18.0. The zero-order chi connectivity index (χ0) is 16.8. The number of rotatable bonds is 7. The van der Waals surface area contributed by atoms with Gasteiger partial charge in [0.25, 0.3) is 0 Å². The van der Waals surface area contributed by atoms with Crippen molar-refractivity contribution in [2.24, 2.45) is 0 Å². The fourth-order valence-electron chi connectivity index (χ4n) is 1.75. The molecule has 0 spiro atoms. The van der Waals surface area contributed by atoms with E-state index in [4.69, 9.17) is 9.84 Å². The number of alkyl carbamates (subject to hydrolysis) is 1. The second-order valence-corrected chi connectivity index (χ2v) is 8.36. The second-order valence-electron chi connectivity index (χ2n) is 5.14. The van der Waals surface area contributed by atoms with Gasteiger partial charge in [0.1, 0.15) is 19.8 Å². The van der Waals surface area contributed by atoms with Crippen LogP contribution in [0.5, 0.6) is 0 Å². The van der Waals surface area contributed by atoms with Crippen LogP contribution in [0.3, 0.4) is 0 Å². The molecule has 0 aromatic heterocycles. The Kier molecular flexibility index (Phi) is 6.38. The van der Waals surface area contributed by atoms with Crippen molar-refractivity contribution in [1.82, 2.24) is 5.32 Å². The van der Waals surface area contributed by atoms with E-state index in [9.17, 15) is 14.2 Å². The quantitative estimate of drug-likeness (QED) is 0.589. The van der Waals surface area contributed by atoms with E-state index in [0.29, 0.717) is 5.56 Å². The summed E-state index contributed by atoms with van der Waals surface area (Å²) in [6, 6.07) is 5.75. The number of hydrogen-bond acceptors (Lipinski definition) is 4. The molecule has 0 heterocycles. The summed E-state index contributed by atoms with van der Waals surface area (Å²) in [5.41, 5.74) is 0.716. The molecule has 0 fully saturated rings. The highest BCUT2D eigenvalue weighted by molar-refractivity contribution is 7.70. The fourth-order valence-corrected chi connectivity index (χ4v) is 2.61. The Morgan fingerprint density at radius 1 is 1.36 bits per heavy atom. The van der Waals surface area contributed by atoms with Crippen LogP contribution in [0.25, 0.3) is 0 Å². The van der Waals surface area contributed by atoms with Crippen molar-refractivity contribution in [3.8, 4) is 0 Å². The van der Waals surface area contributed by atoms with Crippen molar-refractivity contribution >= 4 is 24.5 Å². The lowest BCUT2D eigenvalue weighted by Gasteiger charge is -2.15. The van der Waals surface area contributed by atoms with E-state index < -0.39 is 25.2 Å². The Bertz CT molecular complexity index is 590. The van der Waals surface area contributed by atoms with E-state index in [-0.39, 0.29) is 13.0 Å². The highest BCUT2D eigenvalue weighted by Crippen LogP contribution is 2.34. The maximum absolute atomic E-state index is 11.9. The Hall–Kier alpha value is -2.07. The van der Waals surface area contributed by atoms with Crippen LogP contribution in [-0.4, -0.2) is 43.1 Å². The summed E-state index contributed by atoms with van der Waals surface area (Å²) < 4.78 is 16.6. The van der Waals surface area contributed by atoms with Gasteiger partial charge in [-0.1, -0.05) is 36.9 Å². The predicted octanol–water partition coefficient (Wildman–Crippen LogP) is 1.84. The molecule has 0 bridgehead atoms. The van der Waals surface area contributed by atoms with Gasteiger partial charge in [0.05, 0.1) is 0 Å². The van der Waals surface area contributed by atoms with Crippen LogP contribution in [0.2, 0.25) is 0 Å². The molecule has 2 N–H and O–H groups in total. The maximum Gasteiger partial charge on any atom is 0.408 e. The van der Waals surface area contributed by atoms with Gasteiger partial charge in [-0.2, -0.15) is 0 Å². The minimum Gasteiger partial charge on any atom is -0.480 e. The van der Waals surface area contributed by atoms with Crippen molar-refractivity contribution in [3.63, 3.8) is 0 Å². The number of amides is 1. The topological polar surface area (TPSA) is 92.7 Å². The average Bonchev–Trinajstić information content (AvgIpc) is 2.44. The van der Waals surface area contributed by atoms with E-state index in [2.05, 4.69) is 11.9 Å². The van der Waals surface area contributed by atoms with Crippen LogP contribution in [0.1, 0.15) is 5.56 Å². The van der Waals surface area contributed by atoms with E-state index in [1.807, 2.05) is 0 Å². The molecule has 0 aliphatic heterocycles. The van der Waals surface area contributed by atoms with Gasteiger partial charge >= 0.3 is 12.1 Å². The van der Waals surface area contributed by atoms with Crippen molar-refractivity contribution in [2.45, 2.75) is 12.5 Å². The molecule has 1 atom stereocenters. The highest BCUT2D eigenvalue weighted by atomic mass is 31.2. The molecule has 1 aromatic carbocycles. The third-order valence-corrected chi connectivity index (χ3v) is 4.46. The Morgan fingerprint density at radius 2 is 1.95 bits per heavy atom. The van der Waals surface area contributed by atoms with Gasteiger partial charge in [-0.05, 0) is 18.9 Å². The van der Waals surface area contributed by atoms with Gasteiger partial charge in [-0.25, -0.2) is 9.59 Å². The minimum atomic E-state index is -2.34. The van der Waals surface area contributed by atoms with E-state index >= 15 is 0 Å². The minimum absolute atomic E-state index is 0.00908. The van der Waals surface area contributed by atoms with Gasteiger partial charge in [-0.3, -0.25) is 0 Å². The third kappa shape index (κ3) is 5.74. The zero-order valence-electron chi connectivity index (χ0n) is 12.6. The first-order valence-corrected chi connectivity index (χ1v) is 9.25. The zero-order valence-corrected chi connectivity index (χ0v) is 13.5. The molecule has 120 valence electrons. The van der Waals surface area contributed by atoms with Gasteiger partial charge in [0.2, 0.25) is 0 Å². The summed E-state index contributed by atoms with van der Waals surface area (Å²) in [5, 5.41) is 12.2. The molecular weight excluding hydrogens is 305 g/mol. The lowest BCUT2D eigenvalue weighted by Crippen LogP contribution is -2.42. The molecule has 1 aromatic rings. The van der Waals surface area contributed by atoms with Crippen LogP contribution in [0.4, 0.5) is 4.79 Å². The Morgan fingerprint density at radius 3 is 2.41 bits per heavy atom. The normalized spacial score (nSPS) is 12.3. The number of benzene rings is 1. The van der Waals surface area contributed by atoms with Gasteiger partial charge in [-0.15, -0.1) is 0 Å². The lowest BCUT2D eigenvalue weighted by atomic mass is 10.1. The van der Waals surface area contributed by atoms with Crippen LogP contribution >= 0.6 is 7.14 Å². The van der Waals surface area contributed by atoms with Gasteiger partial charge in [0.15, 0.2) is 0 Å². The number of ether oxygens (including phenoxy) is 1. The summed E-state index contributed by atoms with van der Waals surface area (Å²) in [5.74, 6) is -1.16. The molecule has 7 heteroatoms. The predicted molar refractivity (Wildman–Crippen MR) is 85.3 cm³/mol. The number of nitrogens with one attached hydrogen (secondary N) is 1. The van der Waals surface area contributed by atoms with Crippen molar-refractivity contribution in [1.29, 1.82) is 0 Å². The molecule has 6 nitrogen and oxygen atoms in total. The highest BCUT2D eigenvalue weighted by Gasteiger charge is 2.21. The lowest BCUT2D eigenvalue weighted by molar-refractivity contribution is -0.139. The number of aliphatic carboxylic acids is 1. The molecule has 0 saturated carbocycles. The largest absolute Gasteiger partial charge is 0.480 e. The molecule has 0 saturated heterocycles. The number of hydrogen-bond donors (Lipinski definition) is 2. The molecule has 1 amide bonds. The molecule has 22 heavy (non-hydrogen) atoms. The van der Waals surface area contributed by atoms with Crippen LogP contribution in [0.15, 0.2) is 36.9 Å². The molecular formula is C15H20NO5P. The fraction of sp³-hybridized carbons (Fsp3) is 0.333. The summed E-state index contributed by atoms with van der Waals surface area (Å²) >= 11 is 0. The molecule has 1 rings (SSSR count). The maximum atomic E-state index is 11.9. The van der Waals surface area contributed by atoms with Crippen LogP contribution in [-0.2, 0) is 20.5 Å². The first-order valence-electron chi connectivity index (χ1n) is 6.65. The van der Waals surface area contributed by atoms with Gasteiger partial charge < -0.3 is 19.7 Å². The van der Waals surface area contributed by atoms with E-state index in [0.717, 1.165) is 5.30 Å². The van der Waals surface area contributed by atoms with Crippen molar-refractivity contribution in [3.05, 3.63) is 42.5 Å². The summed E-state index contributed by atoms with van der Waals surface area (Å²) in [4.78, 5) is 22.6. The Balaban J connectivity index is 2.75. The number of carbonyl (C=O) groups is 2. The molecule has 0 aliphatic carbocycles. The summed E-state index contributed by atoms with van der Waals surface area (Å²) in [6.07, 6.45) is 0.689. The first-order chi connectivity index (χ1) is 10.2. The summed E-state index contributed by atoms with van der Waals surface area (Å²) in [6.45, 7) is 6.74. The van der Waals surface area contributed by atoms with E-state index in [1.54, 1.807) is 37.6 Å². The monoisotopic (exact) mass is 325 g/mol. The summed E-state index contributed by atoms with van der Waals surface area (Å²) in [7, 11) is -2.34. The standard InChI is InChI=1S/C15H20NO5P/c1-4-9-21-15(19)16-13(14(17)18)10-11-5-7-12(8-6-11)22(2,3)20/h4-8,13H,1,9-10H2,2-3H3,(H,16,19)(H,17,18)/t13-/m0/s1. The number of carbonyl (C=O) groups excluding carboxylic acids is 1.